The lowest BCUT2D eigenvalue weighted by atomic mass is 9.86. The number of para-hydroxylation sites is 2. The first kappa shape index (κ1) is 23.5. The first-order chi connectivity index (χ1) is 16.2. The SMILES string of the molecule is COc1ccccc1N1CCN(CCN(C(=O)C2CCC(O[11CH3])CC2)c2ccccn2)CC1. The van der Waals surface area contributed by atoms with Gasteiger partial charge in [-0.25, -0.2) is 4.98 Å². The molecule has 7 nitrogen and oxygen atoms in total. The van der Waals surface area contributed by atoms with Gasteiger partial charge in [0.05, 0.1) is 18.9 Å². The number of hydrogen-bond donors (Lipinski definition) is 0. The summed E-state index contributed by atoms with van der Waals surface area (Å²) >= 11 is 0. The average Bonchev–Trinajstić information content (AvgIpc) is 2.89. The third-order valence-electron chi connectivity index (χ3n) is 6.99. The molecule has 4 rings (SSSR count). The molecule has 2 aliphatic rings. The molecule has 0 radical (unpaired) electrons. The second kappa shape index (κ2) is 11.5. The zero-order valence-corrected chi connectivity index (χ0v) is 19.9. The number of methoxy groups -OCH3 is 2. The number of hydrogen-bond acceptors (Lipinski definition) is 6. The highest BCUT2D eigenvalue weighted by Gasteiger charge is 2.31. The topological polar surface area (TPSA) is 58.1 Å². The molecule has 1 aromatic carbocycles. The predicted octanol–water partition coefficient (Wildman–Crippen LogP) is 3.45. The molecule has 1 amide bonds. The smallest absolute Gasteiger partial charge is 0.231 e. The predicted molar refractivity (Wildman–Crippen MR) is 131 cm³/mol. The number of anilines is 2. The van der Waals surface area contributed by atoms with E-state index >= 15 is 0 Å². The molecular weight excluding hydrogens is 415 g/mol. The quantitative estimate of drug-likeness (QED) is 0.613. The highest BCUT2D eigenvalue weighted by molar-refractivity contribution is 5.94. The van der Waals surface area contributed by atoms with Crippen molar-refractivity contribution in [2.24, 2.45) is 5.92 Å². The van der Waals surface area contributed by atoms with Crippen molar-refractivity contribution >= 4 is 17.4 Å². The van der Waals surface area contributed by atoms with Crippen molar-refractivity contribution in [1.29, 1.82) is 0 Å². The van der Waals surface area contributed by atoms with Crippen LogP contribution in [-0.4, -0.2) is 75.4 Å². The Bertz CT molecular complexity index is 878. The van der Waals surface area contributed by atoms with Crippen LogP contribution in [0.3, 0.4) is 0 Å². The molecule has 1 aliphatic heterocycles. The Labute approximate surface area is 197 Å². The molecule has 0 N–H and O–H groups in total. The van der Waals surface area contributed by atoms with Crippen LogP contribution in [0.2, 0.25) is 0 Å². The normalized spacial score (nSPS) is 21.6. The zero-order chi connectivity index (χ0) is 23.0. The fourth-order valence-corrected chi connectivity index (χ4v) is 4.96. The minimum Gasteiger partial charge on any atom is -0.495 e. The Morgan fingerprint density at radius 1 is 1.00 bits per heavy atom. The summed E-state index contributed by atoms with van der Waals surface area (Å²) in [7, 11) is 3.49. The monoisotopic (exact) mass is 451 g/mol. The maximum Gasteiger partial charge on any atom is 0.231 e. The lowest BCUT2D eigenvalue weighted by Gasteiger charge is -2.38. The van der Waals surface area contributed by atoms with E-state index in [0.717, 1.165) is 75.7 Å². The molecule has 1 saturated heterocycles. The Morgan fingerprint density at radius 2 is 1.73 bits per heavy atom. The largest absolute Gasteiger partial charge is 0.495 e. The molecule has 1 aromatic heterocycles. The minimum atomic E-state index is 0.0563. The molecule has 33 heavy (non-hydrogen) atoms. The molecule has 0 spiro atoms. The standard InChI is InChI=1S/C26H36N4O3/c1-32-22-12-10-21(11-13-22)26(31)30(25-9-5-6-14-27-25)20-17-28-15-18-29(19-16-28)23-7-3-4-8-24(23)33-2/h3-9,14,21-22H,10-13,15-20H2,1-2H3/i1-1. The maximum absolute atomic E-state index is 13.5. The van der Waals surface area contributed by atoms with Crippen molar-refractivity contribution in [1.82, 2.24) is 9.88 Å². The fourth-order valence-electron chi connectivity index (χ4n) is 4.96. The zero-order valence-electron chi connectivity index (χ0n) is 19.9. The molecular formula is C26H36N4O3. The highest BCUT2D eigenvalue weighted by Crippen LogP contribution is 2.30. The summed E-state index contributed by atoms with van der Waals surface area (Å²) in [6.45, 7) is 5.31. The van der Waals surface area contributed by atoms with Crippen LogP contribution in [0.25, 0.3) is 0 Å². The van der Waals surface area contributed by atoms with Gasteiger partial charge in [0.15, 0.2) is 0 Å². The van der Waals surface area contributed by atoms with E-state index in [1.807, 2.05) is 35.2 Å². The van der Waals surface area contributed by atoms with Crippen LogP contribution < -0.4 is 14.5 Å². The van der Waals surface area contributed by atoms with Gasteiger partial charge < -0.3 is 14.4 Å². The summed E-state index contributed by atoms with van der Waals surface area (Å²) in [6, 6.07) is 14.0. The number of piperazine rings is 1. The summed E-state index contributed by atoms with van der Waals surface area (Å²) in [6.07, 6.45) is 5.73. The summed E-state index contributed by atoms with van der Waals surface area (Å²) < 4.78 is 11.0. The van der Waals surface area contributed by atoms with Crippen molar-refractivity contribution in [2.75, 3.05) is 63.3 Å². The van der Waals surface area contributed by atoms with Crippen LogP contribution in [0, 0.1) is 5.92 Å². The Balaban J connectivity index is 1.35. The van der Waals surface area contributed by atoms with E-state index in [1.54, 1.807) is 20.4 Å². The summed E-state index contributed by atoms with van der Waals surface area (Å²) in [5.74, 6) is 1.93. The van der Waals surface area contributed by atoms with Gasteiger partial charge in [-0.05, 0) is 49.9 Å². The van der Waals surface area contributed by atoms with Crippen LogP contribution in [0.15, 0.2) is 48.7 Å². The number of carbonyl (C=O) groups excluding carboxylic acids is 1. The number of ether oxygens (including phenoxy) is 2. The molecule has 0 unspecified atom stereocenters. The van der Waals surface area contributed by atoms with Crippen molar-refractivity contribution in [3.8, 4) is 5.75 Å². The summed E-state index contributed by atoms with van der Waals surface area (Å²) in [4.78, 5) is 24.7. The van der Waals surface area contributed by atoms with E-state index < -0.39 is 0 Å². The molecule has 178 valence electrons. The number of carbonyl (C=O) groups is 1. The third kappa shape index (κ3) is 5.84. The van der Waals surface area contributed by atoms with E-state index in [4.69, 9.17) is 9.47 Å². The molecule has 0 atom stereocenters. The Morgan fingerprint density at radius 3 is 2.39 bits per heavy atom. The summed E-state index contributed by atoms with van der Waals surface area (Å²) in [5.41, 5.74) is 1.15. The molecule has 0 bridgehead atoms. The third-order valence-corrected chi connectivity index (χ3v) is 6.99. The fraction of sp³-hybridized carbons (Fsp3) is 0.538. The van der Waals surface area contributed by atoms with Crippen molar-refractivity contribution in [3.05, 3.63) is 48.7 Å². The van der Waals surface area contributed by atoms with Crippen LogP contribution in [0.4, 0.5) is 11.5 Å². The molecule has 1 aliphatic carbocycles. The summed E-state index contributed by atoms with van der Waals surface area (Å²) in [5, 5.41) is 0. The van der Waals surface area contributed by atoms with E-state index in [-0.39, 0.29) is 17.9 Å². The van der Waals surface area contributed by atoms with Gasteiger partial charge in [0, 0.05) is 58.5 Å². The molecule has 2 fully saturated rings. The van der Waals surface area contributed by atoms with Crippen LogP contribution in [-0.2, 0) is 9.53 Å². The highest BCUT2D eigenvalue weighted by atomic mass is 16.5. The van der Waals surface area contributed by atoms with Gasteiger partial charge in [0.25, 0.3) is 0 Å². The van der Waals surface area contributed by atoms with Gasteiger partial charge in [-0.1, -0.05) is 18.2 Å². The first-order valence-electron chi connectivity index (χ1n) is 12.0. The van der Waals surface area contributed by atoms with Gasteiger partial charge in [0.2, 0.25) is 5.91 Å². The maximum atomic E-state index is 13.5. The van der Waals surface area contributed by atoms with E-state index in [0.29, 0.717) is 6.54 Å². The molecule has 7 heteroatoms. The average molecular weight is 452 g/mol. The number of aromatic nitrogens is 1. The van der Waals surface area contributed by atoms with E-state index in [9.17, 15) is 4.79 Å². The molecule has 2 heterocycles. The van der Waals surface area contributed by atoms with Crippen molar-refractivity contribution in [3.63, 3.8) is 0 Å². The van der Waals surface area contributed by atoms with E-state index in [2.05, 4.69) is 26.9 Å². The second-order valence-electron chi connectivity index (χ2n) is 8.89. The van der Waals surface area contributed by atoms with Gasteiger partial charge in [-0.2, -0.15) is 0 Å². The Hall–Kier alpha value is -2.64. The lowest BCUT2D eigenvalue weighted by Crippen LogP contribution is -2.50. The van der Waals surface area contributed by atoms with Crippen molar-refractivity contribution < 1.29 is 14.3 Å². The number of benzene rings is 1. The van der Waals surface area contributed by atoms with Gasteiger partial charge in [-0.3, -0.25) is 14.6 Å². The van der Waals surface area contributed by atoms with Crippen LogP contribution in [0.5, 0.6) is 5.75 Å². The first-order valence-corrected chi connectivity index (χ1v) is 12.0. The van der Waals surface area contributed by atoms with Crippen LogP contribution in [0.1, 0.15) is 25.7 Å². The van der Waals surface area contributed by atoms with Crippen LogP contribution >= 0.6 is 0 Å². The number of pyridine rings is 1. The number of nitrogens with zero attached hydrogens (tertiary/aromatic N) is 4. The van der Waals surface area contributed by atoms with E-state index in [1.165, 1.54) is 0 Å². The number of amides is 1. The van der Waals surface area contributed by atoms with Crippen molar-refractivity contribution in [2.45, 2.75) is 31.8 Å². The molecule has 2 aromatic rings. The Kier molecular flexibility index (Phi) is 8.18. The van der Waals surface area contributed by atoms with Gasteiger partial charge >= 0.3 is 0 Å². The second-order valence-corrected chi connectivity index (χ2v) is 8.89. The lowest BCUT2D eigenvalue weighted by molar-refractivity contribution is -0.124. The molecule has 1 saturated carbocycles. The van der Waals surface area contributed by atoms with Gasteiger partial charge in [0.1, 0.15) is 11.6 Å². The number of rotatable bonds is 8. The van der Waals surface area contributed by atoms with Gasteiger partial charge in [-0.15, -0.1) is 0 Å². The minimum absolute atomic E-state index is 0.0563.